The van der Waals surface area contributed by atoms with Gasteiger partial charge in [0.05, 0.1) is 5.69 Å². The fourth-order valence-corrected chi connectivity index (χ4v) is 0.759. The molecule has 0 aliphatic heterocycles. The number of nitrogens with zero attached hydrogens (tertiary/aromatic N) is 2. The molecule has 0 spiro atoms. The number of aliphatic carboxylic acids is 1. The van der Waals surface area contributed by atoms with E-state index in [2.05, 4.69) is 5.10 Å². The number of rotatable bonds is 2. The van der Waals surface area contributed by atoms with Gasteiger partial charge < -0.3 is 5.11 Å². The molecule has 1 N–H and O–H groups in total. The van der Waals surface area contributed by atoms with Gasteiger partial charge in [0.2, 0.25) is 6.17 Å². The van der Waals surface area contributed by atoms with E-state index in [9.17, 15) is 9.18 Å². The second-order valence-electron chi connectivity index (χ2n) is 2.08. The van der Waals surface area contributed by atoms with Crippen LogP contribution in [0.15, 0.2) is 12.3 Å². The third kappa shape index (κ3) is 1.36. The molecular weight excluding hydrogens is 151 g/mol. The first kappa shape index (κ1) is 7.71. The molecule has 4 nitrogen and oxygen atoms in total. The van der Waals surface area contributed by atoms with E-state index in [0.717, 1.165) is 0 Å². The Hall–Kier alpha value is -1.39. The number of halogens is 1. The zero-order valence-electron chi connectivity index (χ0n) is 5.86. The Morgan fingerprint density at radius 3 is 2.91 bits per heavy atom. The van der Waals surface area contributed by atoms with Gasteiger partial charge in [-0.3, -0.25) is 4.68 Å². The van der Waals surface area contributed by atoms with E-state index in [0.29, 0.717) is 0 Å². The van der Waals surface area contributed by atoms with Crippen LogP contribution in [-0.2, 0) is 11.8 Å². The summed E-state index contributed by atoms with van der Waals surface area (Å²) in [5, 5.41) is 11.9. The summed E-state index contributed by atoms with van der Waals surface area (Å²) in [6, 6.07) is 1.33. The average Bonchev–Trinajstić information content (AvgIpc) is 2.33. The van der Waals surface area contributed by atoms with Crippen LogP contribution >= 0.6 is 0 Å². The summed E-state index contributed by atoms with van der Waals surface area (Å²) in [6.45, 7) is 0. The molecule has 0 aromatic carbocycles. The monoisotopic (exact) mass is 158 g/mol. The van der Waals surface area contributed by atoms with E-state index in [4.69, 9.17) is 5.11 Å². The van der Waals surface area contributed by atoms with Crippen molar-refractivity contribution in [3.8, 4) is 0 Å². The number of carbonyl (C=O) groups is 1. The summed E-state index contributed by atoms with van der Waals surface area (Å²) in [5.74, 6) is -1.49. The SMILES string of the molecule is Cn1nccc1C(F)C(=O)O. The number of alkyl halides is 1. The van der Waals surface area contributed by atoms with E-state index in [1.807, 2.05) is 0 Å². The Bertz CT molecular complexity index is 271. The van der Waals surface area contributed by atoms with Crippen molar-refractivity contribution in [1.82, 2.24) is 9.78 Å². The highest BCUT2D eigenvalue weighted by molar-refractivity contribution is 5.73. The second kappa shape index (κ2) is 2.69. The van der Waals surface area contributed by atoms with Gasteiger partial charge in [-0.15, -0.1) is 0 Å². The number of carboxylic acid groups (broad SMARTS) is 1. The quantitative estimate of drug-likeness (QED) is 0.682. The molecular formula is C6H7FN2O2. The number of aryl methyl sites for hydroxylation is 1. The normalized spacial score (nSPS) is 12.9. The largest absolute Gasteiger partial charge is 0.479 e. The van der Waals surface area contributed by atoms with Crippen molar-refractivity contribution in [3.63, 3.8) is 0 Å². The summed E-state index contributed by atoms with van der Waals surface area (Å²) in [4.78, 5) is 10.1. The minimum atomic E-state index is -1.98. The molecule has 1 heterocycles. The van der Waals surface area contributed by atoms with Crippen LogP contribution in [-0.4, -0.2) is 20.9 Å². The van der Waals surface area contributed by atoms with Crippen LogP contribution in [0.4, 0.5) is 4.39 Å². The minimum absolute atomic E-state index is 0.0532. The van der Waals surface area contributed by atoms with Gasteiger partial charge in [0.15, 0.2) is 0 Å². The van der Waals surface area contributed by atoms with Gasteiger partial charge in [-0.2, -0.15) is 5.10 Å². The number of carboxylic acids is 1. The van der Waals surface area contributed by atoms with Crippen LogP contribution in [0, 0.1) is 0 Å². The Labute approximate surface area is 62.3 Å². The van der Waals surface area contributed by atoms with Crippen LogP contribution < -0.4 is 0 Å². The maximum absolute atomic E-state index is 12.7. The molecule has 1 aromatic rings. The Kier molecular flexibility index (Phi) is 1.89. The molecule has 1 rings (SSSR count). The van der Waals surface area contributed by atoms with Gasteiger partial charge in [-0.1, -0.05) is 0 Å². The predicted molar refractivity (Wildman–Crippen MR) is 34.7 cm³/mol. The van der Waals surface area contributed by atoms with E-state index >= 15 is 0 Å². The number of aromatic nitrogens is 2. The maximum atomic E-state index is 12.7. The molecule has 1 aromatic heterocycles. The molecule has 0 bridgehead atoms. The van der Waals surface area contributed by atoms with Gasteiger partial charge in [0.1, 0.15) is 0 Å². The van der Waals surface area contributed by atoms with E-state index in [-0.39, 0.29) is 5.69 Å². The predicted octanol–water partition coefficient (Wildman–Crippen LogP) is 0.515. The lowest BCUT2D eigenvalue weighted by Crippen LogP contribution is -2.10. The zero-order valence-corrected chi connectivity index (χ0v) is 5.86. The third-order valence-electron chi connectivity index (χ3n) is 1.34. The van der Waals surface area contributed by atoms with Crippen LogP contribution in [0.2, 0.25) is 0 Å². The highest BCUT2D eigenvalue weighted by Gasteiger charge is 2.20. The third-order valence-corrected chi connectivity index (χ3v) is 1.34. The first-order valence-electron chi connectivity index (χ1n) is 2.97. The van der Waals surface area contributed by atoms with Crippen molar-refractivity contribution in [3.05, 3.63) is 18.0 Å². The summed E-state index contributed by atoms with van der Waals surface area (Å²) >= 11 is 0. The topological polar surface area (TPSA) is 55.1 Å². The lowest BCUT2D eigenvalue weighted by Gasteiger charge is -2.01. The van der Waals surface area contributed by atoms with Crippen molar-refractivity contribution < 1.29 is 14.3 Å². The Morgan fingerprint density at radius 1 is 1.91 bits per heavy atom. The van der Waals surface area contributed by atoms with E-state index < -0.39 is 12.1 Å². The summed E-state index contributed by atoms with van der Waals surface area (Å²) in [6.07, 6.45) is -0.632. The second-order valence-corrected chi connectivity index (χ2v) is 2.08. The van der Waals surface area contributed by atoms with Crippen molar-refractivity contribution in [2.24, 2.45) is 7.05 Å². The molecule has 0 amide bonds. The van der Waals surface area contributed by atoms with E-state index in [1.54, 1.807) is 0 Å². The average molecular weight is 158 g/mol. The highest BCUT2D eigenvalue weighted by Crippen LogP contribution is 2.15. The van der Waals surface area contributed by atoms with Gasteiger partial charge in [-0.25, -0.2) is 9.18 Å². The van der Waals surface area contributed by atoms with Crippen LogP contribution in [0.25, 0.3) is 0 Å². The van der Waals surface area contributed by atoms with Gasteiger partial charge in [0, 0.05) is 13.2 Å². The molecule has 0 radical (unpaired) electrons. The summed E-state index contributed by atoms with van der Waals surface area (Å²) in [7, 11) is 1.49. The van der Waals surface area contributed by atoms with Crippen molar-refractivity contribution >= 4 is 5.97 Å². The minimum Gasteiger partial charge on any atom is -0.479 e. The molecule has 1 unspecified atom stereocenters. The molecule has 60 valence electrons. The lowest BCUT2D eigenvalue weighted by atomic mass is 10.3. The molecule has 0 aliphatic rings. The smallest absolute Gasteiger partial charge is 0.344 e. The molecule has 5 heteroatoms. The Morgan fingerprint density at radius 2 is 2.55 bits per heavy atom. The molecule has 0 fully saturated rings. The maximum Gasteiger partial charge on any atom is 0.344 e. The molecule has 11 heavy (non-hydrogen) atoms. The molecule has 0 saturated heterocycles. The molecule has 0 aliphatic carbocycles. The van der Waals surface area contributed by atoms with Gasteiger partial charge in [-0.05, 0) is 6.07 Å². The lowest BCUT2D eigenvalue weighted by molar-refractivity contribution is -0.143. The van der Waals surface area contributed by atoms with E-state index in [1.165, 1.54) is 24.0 Å². The summed E-state index contributed by atoms with van der Waals surface area (Å²) < 4.78 is 13.9. The zero-order chi connectivity index (χ0) is 8.43. The van der Waals surface area contributed by atoms with Crippen molar-refractivity contribution in [2.45, 2.75) is 6.17 Å². The first-order chi connectivity index (χ1) is 5.13. The van der Waals surface area contributed by atoms with Gasteiger partial charge >= 0.3 is 5.97 Å². The standard InChI is InChI=1S/C6H7FN2O2/c1-9-4(2-3-8-9)5(7)6(10)11/h2-3,5H,1H3,(H,10,11). The molecule has 0 saturated carbocycles. The van der Waals surface area contributed by atoms with Crippen LogP contribution in [0.5, 0.6) is 0 Å². The van der Waals surface area contributed by atoms with Gasteiger partial charge in [0.25, 0.3) is 0 Å². The first-order valence-corrected chi connectivity index (χ1v) is 2.97. The van der Waals surface area contributed by atoms with Crippen molar-refractivity contribution in [2.75, 3.05) is 0 Å². The Balaban J connectivity index is 2.92. The fourth-order valence-electron chi connectivity index (χ4n) is 0.759. The highest BCUT2D eigenvalue weighted by atomic mass is 19.1. The molecule has 1 atom stereocenters. The van der Waals surface area contributed by atoms with Crippen molar-refractivity contribution in [1.29, 1.82) is 0 Å². The van der Waals surface area contributed by atoms with Crippen LogP contribution in [0.1, 0.15) is 11.9 Å². The number of hydrogen-bond acceptors (Lipinski definition) is 2. The number of hydrogen-bond donors (Lipinski definition) is 1. The summed E-state index contributed by atoms with van der Waals surface area (Å²) in [5.41, 5.74) is 0.0532. The van der Waals surface area contributed by atoms with Crippen LogP contribution in [0.3, 0.4) is 0 Å². The fraction of sp³-hybridized carbons (Fsp3) is 0.333.